The van der Waals surface area contributed by atoms with Gasteiger partial charge in [0.2, 0.25) is 0 Å². The van der Waals surface area contributed by atoms with Crippen LogP contribution >= 0.6 is 0 Å². The number of ether oxygens (including phenoxy) is 2. The van der Waals surface area contributed by atoms with E-state index in [9.17, 15) is 0 Å². The fraction of sp³-hybridized carbons (Fsp3) is 0.333. The molecule has 0 amide bonds. The van der Waals surface area contributed by atoms with E-state index in [4.69, 9.17) is 15.9 Å². The van der Waals surface area contributed by atoms with Crippen LogP contribution in [0.25, 0.3) is 0 Å². The summed E-state index contributed by atoms with van der Waals surface area (Å²) in [6.07, 6.45) is 6.51. The Morgan fingerprint density at radius 2 is 2.62 bits per heavy atom. The summed E-state index contributed by atoms with van der Waals surface area (Å²) in [5.41, 5.74) is 0. The Morgan fingerprint density at radius 1 is 1.75 bits per heavy atom. The van der Waals surface area contributed by atoms with Crippen molar-refractivity contribution >= 4 is 0 Å². The summed E-state index contributed by atoms with van der Waals surface area (Å²) in [7, 11) is 0. The van der Waals surface area contributed by atoms with Gasteiger partial charge in [0.1, 0.15) is 12.4 Å². The SMILES string of the molecule is C#C/C=C1/COCO1. The van der Waals surface area contributed by atoms with Crippen LogP contribution in [0.5, 0.6) is 0 Å². The Balaban J connectivity index is 2.48. The molecule has 0 aliphatic carbocycles. The van der Waals surface area contributed by atoms with Crippen LogP contribution < -0.4 is 0 Å². The zero-order valence-electron chi connectivity index (χ0n) is 4.39. The molecule has 42 valence electrons. The molecule has 2 heteroatoms. The number of hydrogen-bond acceptors (Lipinski definition) is 2. The van der Waals surface area contributed by atoms with Crippen molar-refractivity contribution in [1.82, 2.24) is 0 Å². The number of terminal acetylenes is 1. The minimum Gasteiger partial charge on any atom is -0.469 e. The van der Waals surface area contributed by atoms with Gasteiger partial charge in [-0.3, -0.25) is 0 Å². The molecule has 0 saturated carbocycles. The number of hydrogen-bond donors (Lipinski definition) is 0. The Labute approximate surface area is 48.1 Å². The molecule has 0 unspecified atom stereocenters. The Bertz CT molecular complexity index is 133. The molecule has 1 rings (SSSR count). The predicted octanol–water partition coefficient (Wildman–Crippen LogP) is 0.508. The van der Waals surface area contributed by atoms with Crippen LogP contribution in [-0.2, 0) is 9.47 Å². The molecule has 0 aromatic heterocycles. The molecule has 1 aliphatic rings. The third-order valence-electron chi connectivity index (χ3n) is 0.816. The highest BCUT2D eigenvalue weighted by molar-refractivity contribution is 5.14. The van der Waals surface area contributed by atoms with Crippen LogP contribution in [0.1, 0.15) is 0 Å². The summed E-state index contributed by atoms with van der Waals surface area (Å²) in [5.74, 6) is 3.09. The maximum absolute atomic E-state index is 4.95. The van der Waals surface area contributed by atoms with E-state index in [-0.39, 0.29) is 0 Å². The standard InChI is InChI=1S/C6H6O2/c1-2-3-6-4-7-5-8-6/h1,3H,4-5H2/b6-3-. The van der Waals surface area contributed by atoms with E-state index in [2.05, 4.69) is 5.92 Å². The van der Waals surface area contributed by atoms with Crippen molar-refractivity contribution in [2.24, 2.45) is 0 Å². The molecule has 1 fully saturated rings. The zero-order valence-corrected chi connectivity index (χ0v) is 4.39. The molecule has 0 N–H and O–H groups in total. The van der Waals surface area contributed by atoms with Gasteiger partial charge in [-0.15, -0.1) is 6.42 Å². The smallest absolute Gasteiger partial charge is 0.189 e. The highest BCUT2D eigenvalue weighted by atomic mass is 16.7. The molecule has 0 radical (unpaired) electrons. The quantitative estimate of drug-likeness (QED) is 0.423. The zero-order chi connectivity index (χ0) is 5.82. The van der Waals surface area contributed by atoms with Crippen LogP contribution in [-0.4, -0.2) is 13.4 Å². The largest absolute Gasteiger partial charge is 0.469 e. The number of rotatable bonds is 0. The highest BCUT2D eigenvalue weighted by Crippen LogP contribution is 2.04. The monoisotopic (exact) mass is 110 g/mol. The molecule has 8 heavy (non-hydrogen) atoms. The van der Waals surface area contributed by atoms with Crippen molar-refractivity contribution in [2.45, 2.75) is 0 Å². The van der Waals surface area contributed by atoms with Gasteiger partial charge in [0.05, 0.1) is 0 Å². The minimum atomic E-state index is 0.341. The topological polar surface area (TPSA) is 18.5 Å². The second-order valence-electron chi connectivity index (χ2n) is 1.39. The third kappa shape index (κ3) is 1.02. The van der Waals surface area contributed by atoms with Crippen LogP contribution in [0, 0.1) is 12.3 Å². The lowest BCUT2D eigenvalue weighted by atomic mass is 10.5. The van der Waals surface area contributed by atoms with Gasteiger partial charge in [-0.25, -0.2) is 0 Å². The summed E-state index contributed by atoms with van der Waals surface area (Å²) in [4.78, 5) is 0. The van der Waals surface area contributed by atoms with Crippen LogP contribution in [0.15, 0.2) is 11.8 Å². The second kappa shape index (κ2) is 2.39. The summed E-state index contributed by atoms with van der Waals surface area (Å²) < 4.78 is 9.71. The molecule has 1 saturated heterocycles. The normalized spacial score (nSPS) is 22.6. The molecule has 2 nitrogen and oxygen atoms in total. The average molecular weight is 110 g/mol. The molecule has 1 heterocycles. The molecule has 0 aromatic carbocycles. The molecule has 0 atom stereocenters. The van der Waals surface area contributed by atoms with Gasteiger partial charge in [0, 0.05) is 6.08 Å². The van der Waals surface area contributed by atoms with Crippen molar-refractivity contribution in [3.63, 3.8) is 0 Å². The molecular weight excluding hydrogens is 104 g/mol. The second-order valence-corrected chi connectivity index (χ2v) is 1.39. The lowest BCUT2D eigenvalue weighted by molar-refractivity contribution is 0.0800. The van der Waals surface area contributed by atoms with Crippen LogP contribution in [0.3, 0.4) is 0 Å². The van der Waals surface area contributed by atoms with Crippen molar-refractivity contribution in [3.05, 3.63) is 11.8 Å². The van der Waals surface area contributed by atoms with E-state index < -0.39 is 0 Å². The van der Waals surface area contributed by atoms with Crippen molar-refractivity contribution in [1.29, 1.82) is 0 Å². The first-order chi connectivity index (χ1) is 3.93. The summed E-state index contributed by atoms with van der Waals surface area (Å²) in [6.45, 7) is 0.859. The maximum Gasteiger partial charge on any atom is 0.189 e. The van der Waals surface area contributed by atoms with Gasteiger partial charge in [-0.05, 0) is 0 Å². The van der Waals surface area contributed by atoms with E-state index in [1.807, 2.05) is 0 Å². The molecular formula is C6H6O2. The lowest BCUT2D eigenvalue weighted by Gasteiger charge is -1.87. The van der Waals surface area contributed by atoms with E-state index in [0.717, 1.165) is 5.76 Å². The van der Waals surface area contributed by atoms with E-state index in [0.29, 0.717) is 13.4 Å². The summed E-state index contributed by atoms with van der Waals surface area (Å²) in [5, 5.41) is 0. The van der Waals surface area contributed by atoms with Gasteiger partial charge in [0.15, 0.2) is 6.79 Å². The van der Waals surface area contributed by atoms with Crippen molar-refractivity contribution in [3.8, 4) is 12.3 Å². The Morgan fingerprint density at radius 3 is 3.12 bits per heavy atom. The average Bonchev–Trinajstić information content (AvgIpc) is 2.19. The summed E-state index contributed by atoms with van der Waals surface area (Å²) >= 11 is 0. The Kier molecular flexibility index (Phi) is 1.55. The van der Waals surface area contributed by atoms with Gasteiger partial charge in [-0.2, -0.15) is 0 Å². The van der Waals surface area contributed by atoms with E-state index in [1.165, 1.54) is 0 Å². The first kappa shape index (κ1) is 5.20. The molecule has 0 spiro atoms. The van der Waals surface area contributed by atoms with Gasteiger partial charge < -0.3 is 9.47 Å². The van der Waals surface area contributed by atoms with Crippen molar-refractivity contribution in [2.75, 3.05) is 13.4 Å². The molecule has 0 bridgehead atoms. The van der Waals surface area contributed by atoms with Crippen molar-refractivity contribution < 1.29 is 9.47 Å². The lowest BCUT2D eigenvalue weighted by Crippen LogP contribution is -1.79. The van der Waals surface area contributed by atoms with E-state index in [1.54, 1.807) is 6.08 Å². The van der Waals surface area contributed by atoms with E-state index >= 15 is 0 Å². The predicted molar refractivity (Wildman–Crippen MR) is 28.8 cm³/mol. The highest BCUT2D eigenvalue weighted by Gasteiger charge is 2.04. The first-order valence-electron chi connectivity index (χ1n) is 2.29. The molecule has 1 aliphatic heterocycles. The number of allylic oxidation sites excluding steroid dienone is 1. The van der Waals surface area contributed by atoms with Crippen LogP contribution in [0.2, 0.25) is 0 Å². The van der Waals surface area contributed by atoms with Gasteiger partial charge in [0.25, 0.3) is 0 Å². The van der Waals surface area contributed by atoms with Crippen LogP contribution in [0.4, 0.5) is 0 Å². The first-order valence-corrected chi connectivity index (χ1v) is 2.29. The fourth-order valence-corrected chi connectivity index (χ4v) is 0.478. The fourth-order valence-electron chi connectivity index (χ4n) is 0.478. The molecule has 0 aromatic rings. The van der Waals surface area contributed by atoms with Gasteiger partial charge in [-0.1, -0.05) is 5.92 Å². The maximum atomic E-state index is 4.95. The van der Waals surface area contributed by atoms with Gasteiger partial charge >= 0.3 is 0 Å². The minimum absolute atomic E-state index is 0.341. The third-order valence-corrected chi connectivity index (χ3v) is 0.816. The Hall–Kier alpha value is -0.940. The summed E-state index contributed by atoms with van der Waals surface area (Å²) in [6, 6.07) is 0.